The first-order valence-corrected chi connectivity index (χ1v) is 13.4. The Kier molecular flexibility index (Phi) is 8.93. The van der Waals surface area contributed by atoms with Gasteiger partial charge in [-0.15, -0.1) is 0 Å². The molecule has 1 aliphatic heterocycles. The van der Waals surface area contributed by atoms with Gasteiger partial charge in [0.2, 0.25) is 15.9 Å². The Morgan fingerprint density at radius 1 is 1.03 bits per heavy atom. The highest BCUT2D eigenvalue weighted by Gasteiger charge is 2.29. The zero-order valence-corrected chi connectivity index (χ0v) is 20.0. The SMILES string of the molecule is CCCCC1CCC(C(=O)NCCN2CCN(S(=O)(=O)c3ccc(C)cc3)CC2)CC1. The molecule has 1 aliphatic carbocycles. The molecule has 3 rings (SSSR count). The number of nitrogens with zero attached hydrogens (tertiary/aromatic N) is 2. The van der Waals surface area contributed by atoms with Gasteiger partial charge in [0.15, 0.2) is 0 Å². The lowest BCUT2D eigenvalue weighted by atomic mass is 9.79. The van der Waals surface area contributed by atoms with E-state index in [4.69, 9.17) is 0 Å². The summed E-state index contributed by atoms with van der Waals surface area (Å²) in [6.45, 7) is 7.98. The molecule has 174 valence electrons. The van der Waals surface area contributed by atoms with Gasteiger partial charge in [0.1, 0.15) is 0 Å². The standard InChI is InChI=1S/C24H39N3O3S/c1-3-4-5-21-8-10-22(11-9-21)24(28)25-14-15-26-16-18-27(19-17-26)31(29,30)23-12-6-20(2)7-13-23/h6-7,12-13,21-22H,3-5,8-11,14-19H2,1-2H3,(H,25,28). The fraction of sp³-hybridized carbons (Fsp3) is 0.708. The molecule has 0 spiro atoms. The third kappa shape index (κ3) is 6.77. The number of amides is 1. The normalized spacial score (nSPS) is 23.5. The Bertz CT molecular complexity index is 794. The first-order valence-electron chi connectivity index (χ1n) is 12.0. The van der Waals surface area contributed by atoms with Gasteiger partial charge in [-0.25, -0.2) is 8.42 Å². The topological polar surface area (TPSA) is 69.7 Å². The third-order valence-electron chi connectivity index (χ3n) is 6.90. The van der Waals surface area contributed by atoms with E-state index >= 15 is 0 Å². The molecule has 0 bridgehead atoms. The minimum atomic E-state index is -3.42. The summed E-state index contributed by atoms with van der Waals surface area (Å²) in [6.07, 6.45) is 8.31. The van der Waals surface area contributed by atoms with Gasteiger partial charge in [-0.2, -0.15) is 4.31 Å². The summed E-state index contributed by atoms with van der Waals surface area (Å²) in [6, 6.07) is 7.04. The van der Waals surface area contributed by atoms with Crippen LogP contribution in [-0.4, -0.2) is 62.8 Å². The molecular formula is C24H39N3O3S. The number of aryl methyl sites for hydroxylation is 1. The predicted molar refractivity (Wildman–Crippen MR) is 124 cm³/mol. The number of carbonyl (C=O) groups excluding carboxylic acids is 1. The van der Waals surface area contributed by atoms with Crippen molar-refractivity contribution in [3.05, 3.63) is 29.8 Å². The second-order valence-corrected chi connectivity index (χ2v) is 11.1. The zero-order valence-electron chi connectivity index (χ0n) is 19.2. The Labute approximate surface area is 188 Å². The Morgan fingerprint density at radius 2 is 1.68 bits per heavy atom. The molecule has 7 heteroatoms. The lowest BCUT2D eigenvalue weighted by Gasteiger charge is -2.34. The Hall–Kier alpha value is -1.44. The molecule has 1 saturated carbocycles. The van der Waals surface area contributed by atoms with Crippen LogP contribution in [0.3, 0.4) is 0 Å². The van der Waals surface area contributed by atoms with E-state index in [1.807, 2.05) is 19.1 Å². The van der Waals surface area contributed by atoms with Crippen molar-refractivity contribution in [1.29, 1.82) is 0 Å². The van der Waals surface area contributed by atoms with Gasteiger partial charge >= 0.3 is 0 Å². The molecule has 1 saturated heterocycles. The fourth-order valence-electron chi connectivity index (χ4n) is 4.74. The molecule has 1 N–H and O–H groups in total. The third-order valence-corrected chi connectivity index (χ3v) is 8.81. The van der Waals surface area contributed by atoms with Crippen molar-refractivity contribution in [3.8, 4) is 0 Å². The number of sulfonamides is 1. The van der Waals surface area contributed by atoms with E-state index in [-0.39, 0.29) is 11.8 Å². The fourth-order valence-corrected chi connectivity index (χ4v) is 6.16. The number of piperazine rings is 1. The molecule has 1 heterocycles. The number of benzene rings is 1. The number of rotatable bonds is 9. The van der Waals surface area contributed by atoms with Crippen molar-refractivity contribution in [2.45, 2.75) is 63.7 Å². The van der Waals surface area contributed by atoms with Crippen molar-refractivity contribution >= 4 is 15.9 Å². The second kappa shape index (κ2) is 11.4. The minimum absolute atomic E-state index is 0.175. The largest absolute Gasteiger partial charge is 0.355 e. The molecule has 0 unspecified atom stereocenters. The van der Waals surface area contributed by atoms with Crippen molar-refractivity contribution in [2.24, 2.45) is 11.8 Å². The van der Waals surface area contributed by atoms with E-state index in [1.165, 1.54) is 32.1 Å². The van der Waals surface area contributed by atoms with Crippen molar-refractivity contribution in [1.82, 2.24) is 14.5 Å². The van der Waals surface area contributed by atoms with Gasteiger partial charge in [-0.05, 0) is 50.7 Å². The molecule has 1 amide bonds. The van der Waals surface area contributed by atoms with Crippen LogP contribution in [0.1, 0.15) is 57.4 Å². The van der Waals surface area contributed by atoms with Crippen LogP contribution in [0.4, 0.5) is 0 Å². The molecule has 6 nitrogen and oxygen atoms in total. The highest BCUT2D eigenvalue weighted by atomic mass is 32.2. The van der Waals surface area contributed by atoms with Crippen molar-refractivity contribution in [2.75, 3.05) is 39.3 Å². The predicted octanol–water partition coefficient (Wildman–Crippen LogP) is 3.41. The maximum absolute atomic E-state index is 12.8. The van der Waals surface area contributed by atoms with E-state index in [2.05, 4.69) is 17.1 Å². The summed E-state index contributed by atoms with van der Waals surface area (Å²) in [5, 5.41) is 3.12. The minimum Gasteiger partial charge on any atom is -0.355 e. The number of carbonyl (C=O) groups is 1. The number of nitrogens with one attached hydrogen (secondary N) is 1. The van der Waals surface area contributed by atoms with E-state index in [0.717, 1.165) is 30.9 Å². The molecule has 0 atom stereocenters. The lowest BCUT2D eigenvalue weighted by molar-refractivity contribution is -0.126. The van der Waals surface area contributed by atoms with Crippen molar-refractivity contribution in [3.63, 3.8) is 0 Å². The van der Waals surface area contributed by atoms with Gasteiger partial charge in [-0.1, -0.05) is 43.9 Å². The maximum atomic E-state index is 12.8. The molecule has 31 heavy (non-hydrogen) atoms. The average Bonchev–Trinajstić information content (AvgIpc) is 2.78. The van der Waals surface area contributed by atoms with Gasteiger partial charge in [0.05, 0.1) is 4.90 Å². The second-order valence-electron chi connectivity index (χ2n) is 9.21. The van der Waals surface area contributed by atoms with Crippen LogP contribution in [0.5, 0.6) is 0 Å². The van der Waals surface area contributed by atoms with Crippen LogP contribution in [0.15, 0.2) is 29.2 Å². The Morgan fingerprint density at radius 3 is 2.29 bits per heavy atom. The highest BCUT2D eigenvalue weighted by molar-refractivity contribution is 7.89. The quantitative estimate of drug-likeness (QED) is 0.627. The lowest BCUT2D eigenvalue weighted by Crippen LogP contribution is -2.50. The van der Waals surface area contributed by atoms with Gasteiger partial charge < -0.3 is 5.32 Å². The summed E-state index contributed by atoms with van der Waals surface area (Å²) >= 11 is 0. The number of hydrogen-bond donors (Lipinski definition) is 1. The molecule has 0 aromatic heterocycles. The van der Waals surface area contributed by atoms with Crippen LogP contribution in [0.25, 0.3) is 0 Å². The molecular weight excluding hydrogens is 410 g/mol. The van der Waals surface area contributed by atoms with E-state index in [9.17, 15) is 13.2 Å². The van der Waals surface area contributed by atoms with Crippen LogP contribution in [0.2, 0.25) is 0 Å². The van der Waals surface area contributed by atoms with Crippen LogP contribution in [0, 0.1) is 18.8 Å². The summed E-state index contributed by atoms with van der Waals surface area (Å²) in [5.74, 6) is 1.19. The number of hydrogen-bond acceptors (Lipinski definition) is 4. The van der Waals surface area contributed by atoms with Crippen LogP contribution in [-0.2, 0) is 14.8 Å². The summed E-state index contributed by atoms with van der Waals surface area (Å²) < 4.78 is 27.2. The zero-order chi connectivity index (χ0) is 22.3. The number of unbranched alkanes of at least 4 members (excludes halogenated alkanes) is 1. The Balaban J connectivity index is 1.35. The monoisotopic (exact) mass is 449 g/mol. The van der Waals surface area contributed by atoms with Crippen molar-refractivity contribution < 1.29 is 13.2 Å². The van der Waals surface area contributed by atoms with E-state index in [1.54, 1.807) is 16.4 Å². The maximum Gasteiger partial charge on any atom is 0.243 e. The molecule has 1 aromatic carbocycles. The van der Waals surface area contributed by atoms with E-state index in [0.29, 0.717) is 37.6 Å². The molecule has 0 radical (unpaired) electrons. The van der Waals surface area contributed by atoms with Crippen LogP contribution >= 0.6 is 0 Å². The van der Waals surface area contributed by atoms with E-state index < -0.39 is 10.0 Å². The van der Waals surface area contributed by atoms with Gasteiger partial charge in [-0.3, -0.25) is 9.69 Å². The summed E-state index contributed by atoms with van der Waals surface area (Å²) in [4.78, 5) is 15.1. The van der Waals surface area contributed by atoms with Crippen LogP contribution < -0.4 is 5.32 Å². The highest BCUT2D eigenvalue weighted by Crippen LogP contribution is 2.31. The average molecular weight is 450 g/mol. The van der Waals surface area contributed by atoms with Gasteiger partial charge in [0, 0.05) is 45.2 Å². The first kappa shape index (κ1) is 24.2. The smallest absolute Gasteiger partial charge is 0.243 e. The molecule has 2 fully saturated rings. The van der Waals surface area contributed by atoms with Gasteiger partial charge in [0.25, 0.3) is 0 Å². The molecule has 1 aromatic rings. The first-order chi connectivity index (χ1) is 14.9. The molecule has 2 aliphatic rings. The summed E-state index contributed by atoms with van der Waals surface area (Å²) in [7, 11) is -3.42. The summed E-state index contributed by atoms with van der Waals surface area (Å²) in [5.41, 5.74) is 1.05.